The molecular weight excluding hydrogens is 610 g/mol. The van der Waals surface area contributed by atoms with Crippen molar-refractivity contribution >= 4 is 50.6 Å². The molecule has 0 bridgehead atoms. The highest BCUT2D eigenvalue weighted by Crippen LogP contribution is 2.44. The predicted octanol–water partition coefficient (Wildman–Crippen LogP) is 6.24. The highest BCUT2D eigenvalue weighted by molar-refractivity contribution is 14.1. The molecule has 12 heteroatoms. The lowest BCUT2D eigenvalue weighted by molar-refractivity contribution is -0.0493. The quantitative estimate of drug-likeness (QED) is 0.0825. The third-order valence-corrected chi connectivity index (χ3v) is 6.93. The molecule has 0 aliphatic rings. The first-order chi connectivity index (χ1) is 17.5. The Morgan fingerprint density at radius 3 is 2.46 bits per heavy atom. The Morgan fingerprint density at radius 2 is 1.81 bits per heavy atom. The number of aromatic nitrogens is 3. The molecule has 5 rings (SSSR count). The van der Waals surface area contributed by atoms with Gasteiger partial charge in [0.25, 0.3) is 0 Å². The van der Waals surface area contributed by atoms with Crippen LogP contribution in [0.5, 0.6) is 5.75 Å². The van der Waals surface area contributed by atoms with Crippen LogP contribution in [0.4, 0.5) is 27.6 Å². The molecular formula is C25H16F5IN4O2. The summed E-state index contributed by atoms with van der Waals surface area (Å²) in [4.78, 5) is 17.6. The van der Waals surface area contributed by atoms with E-state index in [0.29, 0.717) is 43.6 Å². The van der Waals surface area contributed by atoms with Crippen LogP contribution in [0.15, 0.2) is 42.6 Å². The molecule has 0 saturated carbocycles. The average Bonchev–Trinajstić information content (AvgIpc) is 3.33. The molecule has 0 radical (unpaired) electrons. The van der Waals surface area contributed by atoms with Gasteiger partial charge in [-0.3, -0.25) is 4.79 Å². The standard InChI is InChI=1S/C25H16F5IN4O2/c1-10-33-22-16(34(10)2)9-18(37-25(29)30)19(21(22)32)12-4-3-5-35-17(8-15(31)23(12)35)24(36)11-6-13(26)20(28)14(27)7-11/h3-9,25H,32H2,1-2H3. The normalized spacial score (nSPS) is 11.7. The molecule has 0 fully saturated rings. The molecule has 0 unspecified atom stereocenters. The highest BCUT2D eigenvalue weighted by Gasteiger charge is 2.26. The number of anilines is 1. The molecule has 0 aliphatic carbocycles. The van der Waals surface area contributed by atoms with Crippen molar-refractivity contribution < 1.29 is 31.5 Å². The van der Waals surface area contributed by atoms with E-state index >= 15 is 0 Å². The van der Waals surface area contributed by atoms with Crippen LogP contribution in [-0.2, 0) is 7.05 Å². The zero-order chi connectivity index (χ0) is 26.8. The lowest BCUT2D eigenvalue weighted by Gasteiger charge is -2.16. The minimum absolute atomic E-state index is 0.0105. The molecule has 3 aromatic heterocycles. The van der Waals surface area contributed by atoms with Gasteiger partial charge in [-0.25, -0.2) is 18.2 Å². The topological polar surface area (TPSA) is 74.5 Å². The molecule has 190 valence electrons. The number of benzene rings is 2. The van der Waals surface area contributed by atoms with Crippen molar-refractivity contribution in [2.75, 3.05) is 5.73 Å². The van der Waals surface area contributed by atoms with E-state index in [9.17, 15) is 26.7 Å². The molecule has 6 nitrogen and oxygen atoms in total. The van der Waals surface area contributed by atoms with Gasteiger partial charge in [-0.05, 0) is 53.8 Å². The van der Waals surface area contributed by atoms with Crippen LogP contribution in [0.1, 0.15) is 21.9 Å². The number of ether oxygens (including phenoxy) is 1. The van der Waals surface area contributed by atoms with Gasteiger partial charge >= 0.3 is 6.61 Å². The summed E-state index contributed by atoms with van der Waals surface area (Å²) in [6.07, 6.45) is 1.53. The summed E-state index contributed by atoms with van der Waals surface area (Å²) >= 11 is 1.95. The fraction of sp³-hybridized carbons (Fsp3) is 0.120. The van der Waals surface area contributed by atoms with E-state index in [2.05, 4.69) is 4.98 Å². The average molecular weight is 626 g/mol. The number of hydrogen-bond acceptors (Lipinski definition) is 4. The first-order valence-electron chi connectivity index (χ1n) is 10.7. The van der Waals surface area contributed by atoms with Crippen LogP contribution < -0.4 is 10.5 Å². The largest absolute Gasteiger partial charge is 0.434 e. The van der Waals surface area contributed by atoms with Crippen molar-refractivity contribution in [1.29, 1.82) is 0 Å². The Hall–Kier alpha value is -3.68. The molecule has 3 heterocycles. The summed E-state index contributed by atoms with van der Waals surface area (Å²) in [5, 5.41) is 0. The smallest absolute Gasteiger partial charge is 0.387 e. The maximum atomic E-state index is 13.8. The van der Waals surface area contributed by atoms with Crippen LogP contribution in [0, 0.1) is 27.9 Å². The number of nitrogens with two attached hydrogens (primary N) is 1. The number of hydrogen-bond donors (Lipinski definition) is 1. The van der Waals surface area contributed by atoms with E-state index in [4.69, 9.17) is 10.5 Å². The van der Waals surface area contributed by atoms with Crippen molar-refractivity contribution in [1.82, 2.24) is 14.0 Å². The maximum Gasteiger partial charge on any atom is 0.387 e. The number of halogens is 6. The lowest BCUT2D eigenvalue weighted by atomic mass is 10.0. The summed E-state index contributed by atoms with van der Waals surface area (Å²) in [6, 6.07) is 7.29. The number of nitrogens with zero attached hydrogens (tertiary/aromatic N) is 3. The second-order valence-corrected chi connectivity index (χ2v) is 9.39. The summed E-state index contributed by atoms with van der Waals surface area (Å²) in [5.41, 5.74) is 7.95. The van der Waals surface area contributed by atoms with Gasteiger partial charge in [0, 0.05) is 34.0 Å². The van der Waals surface area contributed by atoms with Crippen LogP contribution in [0.25, 0.3) is 27.7 Å². The van der Waals surface area contributed by atoms with Gasteiger partial charge < -0.3 is 19.4 Å². The molecule has 37 heavy (non-hydrogen) atoms. The van der Waals surface area contributed by atoms with Gasteiger partial charge in [-0.2, -0.15) is 8.78 Å². The number of alkyl halides is 2. The maximum absolute atomic E-state index is 13.8. The number of carbonyl (C=O) groups excluding carboxylic acids is 1. The third kappa shape index (κ3) is 3.99. The minimum Gasteiger partial charge on any atom is -0.434 e. The SMILES string of the molecule is Cc1nc2c(N)c(-c3cccn4c(C(=O)c5cc(F)c(F)c(F)c5)cc(I)c34)c(OC(F)F)cc2n1C. The van der Waals surface area contributed by atoms with Gasteiger partial charge in [0.1, 0.15) is 17.1 Å². The number of fused-ring (bicyclic) bond motifs is 2. The first-order valence-corrected chi connectivity index (χ1v) is 11.8. The van der Waals surface area contributed by atoms with Gasteiger partial charge in [0.2, 0.25) is 5.78 Å². The van der Waals surface area contributed by atoms with Crippen molar-refractivity contribution in [2.24, 2.45) is 7.05 Å². The predicted molar refractivity (Wildman–Crippen MR) is 135 cm³/mol. The van der Waals surface area contributed by atoms with E-state index < -0.39 is 35.4 Å². The van der Waals surface area contributed by atoms with Gasteiger partial charge in [0.05, 0.1) is 28.0 Å². The van der Waals surface area contributed by atoms with Crippen molar-refractivity contribution in [3.8, 4) is 16.9 Å². The van der Waals surface area contributed by atoms with Crippen LogP contribution in [0.3, 0.4) is 0 Å². The number of imidazole rings is 1. The Labute approximate surface area is 219 Å². The monoisotopic (exact) mass is 626 g/mol. The van der Waals surface area contributed by atoms with E-state index in [0.717, 1.165) is 0 Å². The molecule has 0 amide bonds. The van der Waals surface area contributed by atoms with Crippen molar-refractivity contribution in [3.05, 3.63) is 80.7 Å². The third-order valence-electron chi connectivity index (χ3n) is 6.11. The number of rotatable bonds is 5. The summed E-state index contributed by atoms with van der Waals surface area (Å²) in [7, 11) is 1.71. The van der Waals surface area contributed by atoms with Crippen LogP contribution >= 0.6 is 22.6 Å². The van der Waals surface area contributed by atoms with Gasteiger partial charge in [-0.1, -0.05) is 6.07 Å². The molecule has 0 aliphatic heterocycles. The molecule has 0 spiro atoms. The van der Waals surface area contributed by atoms with E-state index in [1.54, 1.807) is 30.7 Å². The Balaban J connectivity index is 1.77. The van der Waals surface area contributed by atoms with E-state index in [1.165, 1.54) is 22.7 Å². The zero-order valence-electron chi connectivity index (χ0n) is 19.1. The summed E-state index contributed by atoms with van der Waals surface area (Å²) in [5.74, 6) is -5.05. The number of nitrogen functional groups attached to an aromatic ring is 1. The highest BCUT2D eigenvalue weighted by atomic mass is 127. The summed E-state index contributed by atoms with van der Waals surface area (Å²) in [6.45, 7) is -1.40. The Bertz CT molecular complexity index is 1720. The van der Waals surface area contributed by atoms with Crippen LogP contribution in [-0.4, -0.2) is 26.3 Å². The number of aryl methyl sites for hydroxylation is 2. The Kier molecular flexibility index (Phi) is 6.09. The molecule has 5 aromatic rings. The molecule has 0 saturated heterocycles. The van der Waals surface area contributed by atoms with Gasteiger partial charge in [-0.15, -0.1) is 0 Å². The number of carbonyl (C=O) groups is 1. The van der Waals surface area contributed by atoms with E-state index in [1.807, 2.05) is 22.6 Å². The Morgan fingerprint density at radius 1 is 1.14 bits per heavy atom. The minimum atomic E-state index is -3.14. The fourth-order valence-corrected chi connectivity index (χ4v) is 5.17. The van der Waals surface area contributed by atoms with Crippen molar-refractivity contribution in [3.63, 3.8) is 0 Å². The molecule has 2 N–H and O–H groups in total. The molecule has 0 atom stereocenters. The summed E-state index contributed by atoms with van der Waals surface area (Å²) < 4.78 is 76.3. The zero-order valence-corrected chi connectivity index (χ0v) is 21.3. The second-order valence-electron chi connectivity index (χ2n) is 8.23. The van der Waals surface area contributed by atoms with E-state index in [-0.39, 0.29) is 22.7 Å². The number of pyridine rings is 1. The number of ketones is 1. The fourth-order valence-electron chi connectivity index (χ4n) is 4.33. The second kappa shape index (κ2) is 9.01. The molecule has 2 aromatic carbocycles. The lowest BCUT2D eigenvalue weighted by Crippen LogP contribution is -2.08. The van der Waals surface area contributed by atoms with Crippen molar-refractivity contribution in [2.45, 2.75) is 13.5 Å². The first kappa shape index (κ1) is 25.0. The van der Waals surface area contributed by atoms with Crippen LogP contribution in [0.2, 0.25) is 0 Å². The van der Waals surface area contributed by atoms with Gasteiger partial charge in [0.15, 0.2) is 17.5 Å².